The van der Waals surface area contributed by atoms with Crippen LogP contribution < -0.4 is 0 Å². The molecule has 108 valence electrons. The van der Waals surface area contributed by atoms with E-state index in [9.17, 15) is 4.79 Å². The molecular formula is C15H22N4O. The van der Waals surface area contributed by atoms with E-state index in [1.807, 2.05) is 25.7 Å². The number of aromatic nitrogens is 3. The minimum Gasteiger partial charge on any atom is -0.323 e. The van der Waals surface area contributed by atoms with Gasteiger partial charge in [0, 0.05) is 6.54 Å². The van der Waals surface area contributed by atoms with Crippen LogP contribution in [0, 0.1) is 0 Å². The molecule has 1 spiro atoms. The first kappa shape index (κ1) is 13.3. The standard InChI is InChI=1S/C15H22N4O/c1-14(2,3)19-11-16-12(17-19)13(20)18-10-6-9-15(18)7-4-5-8-15/h6,9,11H,4-5,7-8,10H2,1-3H3. The molecule has 0 atom stereocenters. The fourth-order valence-corrected chi connectivity index (χ4v) is 3.16. The molecule has 1 aliphatic heterocycles. The monoisotopic (exact) mass is 274 g/mol. The van der Waals surface area contributed by atoms with Gasteiger partial charge in [-0.05, 0) is 33.6 Å². The lowest BCUT2D eigenvalue weighted by atomic mass is 9.97. The van der Waals surface area contributed by atoms with Crippen LogP contribution in [0.1, 0.15) is 57.1 Å². The minimum atomic E-state index is -0.153. The first-order valence-corrected chi connectivity index (χ1v) is 7.34. The quantitative estimate of drug-likeness (QED) is 0.739. The molecule has 1 fully saturated rings. The highest BCUT2D eigenvalue weighted by Crippen LogP contribution is 2.39. The fourth-order valence-electron chi connectivity index (χ4n) is 3.16. The summed E-state index contributed by atoms with van der Waals surface area (Å²) < 4.78 is 1.76. The van der Waals surface area contributed by atoms with E-state index in [-0.39, 0.29) is 17.0 Å². The van der Waals surface area contributed by atoms with Gasteiger partial charge in [0.15, 0.2) is 0 Å². The summed E-state index contributed by atoms with van der Waals surface area (Å²) in [5, 5.41) is 4.37. The first-order valence-electron chi connectivity index (χ1n) is 7.34. The predicted octanol–water partition coefficient (Wildman–Crippen LogP) is 2.36. The lowest BCUT2D eigenvalue weighted by Crippen LogP contribution is -2.46. The molecule has 1 aromatic rings. The van der Waals surface area contributed by atoms with Crippen molar-refractivity contribution in [2.75, 3.05) is 6.54 Å². The Morgan fingerprint density at radius 2 is 2.00 bits per heavy atom. The SMILES string of the molecule is CC(C)(C)n1cnc(C(=O)N2CC=CC23CCCC3)n1. The molecule has 20 heavy (non-hydrogen) atoms. The molecule has 5 heteroatoms. The average molecular weight is 274 g/mol. The van der Waals surface area contributed by atoms with Crippen molar-refractivity contribution in [2.24, 2.45) is 0 Å². The summed E-state index contributed by atoms with van der Waals surface area (Å²) in [7, 11) is 0. The minimum absolute atomic E-state index is 0.0418. The lowest BCUT2D eigenvalue weighted by Gasteiger charge is -2.33. The largest absolute Gasteiger partial charge is 0.323 e. The van der Waals surface area contributed by atoms with E-state index in [0.717, 1.165) is 12.8 Å². The number of nitrogens with zero attached hydrogens (tertiary/aromatic N) is 4. The van der Waals surface area contributed by atoms with Crippen molar-refractivity contribution in [2.45, 2.75) is 57.5 Å². The van der Waals surface area contributed by atoms with Crippen molar-refractivity contribution in [1.82, 2.24) is 19.7 Å². The van der Waals surface area contributed by atoms with E-state index in [4.69, 9.17) is 0 Å². The molecule has 2 heterocycles. The van der Waals surface area contributed by atoms with Gasteiger partial charge in [-0.1, -0.05) is 25.0 Å². The van der Waals surface area contributed by atoms with Gasteiger partial charge in [0.05, 0.1) is 11.1 Å². The smallest absolute Gasteiger partial charge is 0.294 e. The van der Waals surface area contributed by atoms with E-state index in [0.29, 0.717) is 12.4 Å². The molecule has 0 aromatic carbocycles. The number of rotatable bonds is 1. The molecule has 5 nitrogen and oxygen atoms in total. The van der Waals surface area contributed by atoms with E-state index in [1.54, 1.807) is 11.0 Å². The van der Waals surface area contributed by atoms with Crippen molar-refractivity contribution >= 4 is 5.91 Å². The normalized spacial score (nSPS) is 21.1. The van der Waals surface area contributed by atoms with Gasteiger partial charge in [0.25, 0.3) is 5.91 Å². The number of carbonyl (C=O) groups is 1. The molecule has 1 saturated carbocycles. The number of hydrogen-bond acceptors (Lipinski definition) is 3. The van der Waals surface area contributed by atoms with Crippen molar-refractivity contribution in [1.29, 1.82) is 0 Å². The summed E-state index contributed by atoms with van der Waals surface area (Å²) in [5.74, 6) is 0.273. The zero-order chi connectivity index (χ0) is 14.4. The van der Waals surface area contributed by atoms with Crippen LogP contribution in [0.4, 0.5) is 0 Å². The molecule has 1 amide bonds. The van der Waals surface area contributed by atoms with Crippen LogP contribution >= 0.6 is 0 Å². The van der Waals surface area contributed by atoms with Crippen molar-refractivity contribution in [3.8, 4) is 0 Å². The van der Waals surface area contributed by atoms with Crippen LogP contribution in [0.5, 0.6) is 0 Å². The third kappa shape index (κ3) is 2.05. The Morgan fingerprint density at radius 1 is 1.30 bits per heavy atom. The lowest BCUT2D eigenvalue weighted by molar-refractivity contribution is 0.0630. The zero-order valence-electron chi connectivity index (χ0n) is 12.5. The third-order valence-electron chi connectivity index (χ3n) is 4.34. The maximum absolute atomic E-state index is 12.7. The maximum Gasteiger partial charge on any atom is 0.294 e. The Balaban J connectivity index is 1.84. The zero-order valence-corrected chi connectivity index (χ0v) is 12.5. The molecule has 1 aliphatic carbocycles. The molecule has 0 N–H and O–H groups in total. The Bertz CT molecular complexity index is 546. The van der Waals surface area contributed by atoms with Crippen molar-refractivity contribution in [3.63, 3.8) is 0 Å². The second kappa shape index (κ2) is 4.43. The van der Waals surface area contributed by atoms with Gasteiger partial charge in [-0.3, -0.25) is 4.79 Å². The van der Waals surface area contributed by atoms with Crippen LogP contribution in [-0.2, 0) is 5.54 Å². The molecule has 2 aliphatic rings. The highest BCUT2D eigenvalue weighted by molar-refractivity contribution is 5.91. The Hall–Kier alpha value is -1.65. The van der Waals surface area contributed by atoms with E-state index < -0.39 is 0 Å². The predicted molar refractivity (Wildman–Crippen MR) is 76.4 cm³/mol. The van der Waals surface area contributed by atoms with E-state index in [1.165, 1.54) is 12.8 Å². The molecule has 0 unspecified atom stereocenters. The number of amides is 1. The molecule has 1 aromatic heterocycles. The number of hydrogen-bond donors (Lipinski definition) is 0. The Labute approximate surface area is 119 Å². The summed E-state index contributed by atoms with van der Waals surface area (Å²) in [5.41, 5.74) is -0.218. The molecule has 0 bridgehead atoms. The van der Waals surface area contributed by atoms with Gasteiger partial charge in [0.1, 0.15) is 6.33 Å². The van der Waals surface area contributed by atoms with Gasteiger partial charge in [-0.15, -0.1) is 5.10 Å². The fraction of sp³-hybridized carbons (Fsp3) is 0.667. The van der Waals surface area contributed by atoms with Gasteiger partial charge >= 0.3 is 0 Å². The highest BCUT2D eigenvalue weighted by atomic mass is 16.2. The molecule has 0 saturated heterocycles. The van der Waals surface area contributed by atoms with Gasteiger partial charge < -0.3 is 4.90 Å². The van der Waals surface area contributed by atoms with E-state index in [2.05, 4.69) is 22.2 Å². The van der Waals surface area contributed by atoms with Crippen LogP contribution in [0.2, 0.25) is 0 Å². The van der Waals surface area contributed by atoms with Crippen molar-refractivity contribution in [3.05, 3.63) is 24.3 Å². The Morgan fingerprint density at radius 3 is 2.60 bits per heavy atom. The second-order valence-corrected chi connectivity index (χ2v) is 6.81. The summed E-state index contributed by atoms with van der Waals surface area (Å²) in [6, 6.07) is 0. The van der Waals surface area contributed by atoms with Gasteiger partial charge in [-0.2, -0.15) is 0 Å². The highest BCUT2D eigenvalue weighted by Gasteiger charge is 2.43. The van der Waals surface area contributed by atoms with Crippen LogP contribution in [0.25, 0.3) is 0 Å². The number of carbonyl (C=O) groups excluding carboxylic acids is 1. The summed E-state index contributed by atoms with van der Waals surface area (Å²) in [4.78, 5) is 18.9. The average Bonchev–Trinajstić information content (AvgIpc) is 3.09. The van der Waals surface area contributed by atoms with Crippen LogP contribution in [-0.4, -0.2) is 37.7 Å². The maximum atomic E-state index is 12.7. The summed E-state index contributed by atoms with van der Waals surface area (Å²) in [6.07, 6.45) is 10.5. The molecule has 3 rings (SSSR count). The topological polar surface area (TPSA) is 51.0 Å². The summed E-state index contributed by atoms with van der Waals surface area (Å²) in [6.45, 7) is 6.83. The van der Waals surface area contributed by atoms with Crippen LogP contribution in [0.15, 0.2) is 18.5 Å². The third-order valence-corrected chi connectivity index (χ3v) is 4.34. The van der Waals surface area contributed by atoms with Crippen molar-refractivity contribution < 1.29 is 4.79 Å². The summed E-state index contributed by atoms with van der Waals surface area (Å²) >= 11 is 0. The van der Waals surface area contributed by atoms with Crippen LogP contribution in [0.3, 0.4) is 0 Å². The van der Waals surface area contributed by atoms with Gasteiger partial charge in [0.2, 0.25) is 5.82 Å². The second-order valence-electron chi connectivity index (χ2n) is 6.81. The Kier molecular flexibility index (Phi) is 2.96. The first-order chi connectivity index (χ1) is 9.42. The van der Waals surface area contributed by atoms with Gasteiger partial charge in [-0.25, -0.2) is 9.67 Å². The molecule has 0 radical (unpaired) electrons. The van der Waals surface area contributed by atoms with E-state index >= 15 is 0 Å². The molecular weight excluding hydrogens is 252 g/mol.